The Morgan fingerprint density at radius 3 is 2.88 bits per heavy atom. The molecule has 94 valence electrons. The number of hydrogen-bond donors (Lipinski definition) is 2. The van der Waals surface area contributed by atoms with Gasteiger partial charge >= 0.3 is 5.97 Å². The second kappa shape index (κ2) is 6.59. The summed E-state index contributed by atoms with van der Waals surface area (Å²) in [6.45, 7) is 0.413. The van der Waals surface area contributed by atoms with E-state index in [4.69, 9.17) is 27.2 Å². The van der Waals surface area contributed by atoms with E-state index >= 15 is 0 Å². The van der Waals surface area contributed by atoms with E-state index in [1.165, 1.54) is 0 Å². The maximum Gasteiger partial charge on any atom is 0.303 e. The summed E-state index contributed by atoms with van der Waals surface area (Å²) < 4.78 is 5.07. The van der Waals surface area contributed by atoms with Crippen LogP contribution in [0.4, 0.5) is 0 Å². The molecule has 0 aliphatic rings. The summed E-state index contributed by atoms with van der Waals surface area (Å²) in [6, 6.07) is 5.05. The van der Waals surface area contributed by atoms with Gasteiger partial charge in [0.1, 0.15) is 0 Å². The molecule has 1 aromatic carbocycles. The third-order valence-corrected chi connectivity index (χ3v) is 2.71. The summed E-state index contributed by atoms with van der Waals surface area (Å²) in [6.07, 6.45) is 0.448. The summed E-state index contributed by atoms with van der Waals surface area (Å²) >= 11 is 5.89. The Labute approximate surface area is 105 Å². The molecule has 0 radical (unpaired) electrons. The number of nitrogens with two attached hydrogens (primary N) is 1. The third kappa shape index (κ3) is 4.34. The molecular weight excluding hydrogens is 242 g/mol. The molecule has 0 aliphatic carbocycles. The molecule has 0 aromatic heterocycles. The van der Waals surface area contributed by atoms with Gasteiger partial charge in [0.05, 0.1) is 6.61 Å². The Morgan fingerprint density at radius 1 is 1.59 bits per heavy atom. The Hall–Kier alpha value is -1.10. The van der Waals surface area contributed by atoms with Gasteiger partial charge in [-0.3, -0.25) is 4.79 Å². The van der Waals surface area contributed by atoms with Crippen molar-refractivity contribution in [2.24, 2.45) is 5.73 Å². The van der Waals surface area contributed by atoms with Gasteiger partial charge < -0.3 is 15.6 Å². The molecule has 0 aliphatic heterocycles. The highest BCUT2D eigenvalue weighted by atomic mass is 35.5. The lowest BCUT2D eigenvalue weighted by molar-refractivity contribution is -0.137. The van der Waals surface area contributed by atoms with Gasteiger partial charge in [0.25, 0.3) is 0 Å². The van der Waals surface area contributed by atoms with Crippen LogP contribution < -0.4 is 5.73 Å². The van der Waals surface area contributed by atoms with Gasteiger partial charge in [0.2, 0.25) is 0 Å². The van der Waals surface area contributed by atoms with Crippen LogP contribution in [0.1, 0.15) is 30.0 Å². The maximum absolute atomic E-state index is 10.5. The number of benzene rings is 1. The predicted molar refractivity (Wildman–Crippen MR) is 66.0 cm³/mol. The topological polar surface area (TPSA) is 72.5 Å². The van der Waals surface area contributed by atoms with Crippen molar-refractivity contribution in [3.63, 3.8) is 0 Å². The minimum absolute atomic E-state index is 0.0518. The summed E-state index contributed by atoms with van der Waals surface area (Å²) in [5.74, 6) is -0.845. The van der Waals surface area contributed by atoms with Crippen LogP contribution in [0.25, 0.3) is 0 Å². The fourth-order valence-electron chi connectivity index (χ4n) is 1.65. The first-order valence-corrected chi connectivity index (χ1v) is 5.67. The lowest BCUT2D eigenvalue weighted by atomic mass is 9.98. The highest BCUT2D eigenvalue weighted by Crippen LogP contribution is 2.24. The van der Waals surface area contributed by atoms with Crippen molar-refractivity contribution in [2.45, 2.75) is 25.5 Å². The van der Waals surface area contributed by atoms with E-state index in [1.807, 2.05) is 6.07 Å². The van der Waals surface area contributed by atoms with Crippen molar-refractivity contribution in [3.05, 3.63) is 34.3 Å². The van der Waals surface area contributed by atoms with E-state index < -0.39 is 5.97 Å². The van der Waals surface area contributed by atoms with Gasteiger partial charge in [-0.05, 0) is 29.7 Å². The van der Waals surface area contributed by atoms with E-state index in [2.05, 4.69) is 0 Å². The minimum atomic E-state index is -0.845. The smallest absolute Gasteiger partial charge is 0.303 e. The zero-order valence-electron chi connectivity index (χ0n) is 9.65. The van der Waals surface area contributed by atoms with Gasteiger partial charge in [-0.15, -0.1) is 0 Å². The van der Waals surface area contributed by atoms with Crippen molar-refractivity contribution in [2.75, 3.05) is 7.11 Å². The van der Waals surface area contributed by atoms with Gasteiger partial charge in [-0.25, -0.2) is 0 Å². The Bertz CT molecular complexity index is 395. The van der Waals surface area contributed by atoms with Crippen LogP contribution in [0, 0.1) is 0 Å². The SMILES string of the molecule is COCc1cc(Cl)ccc1C(N)CCC(=O)O. The highest BCUT2D eigenvalue weighted by molar-refractivity contribution is 6.30. The molecule has 1 rings (SSSR count). The summed E-state index contributed by atoms with van der Waals surface area (Å²) in [5.41, 5.74) is 7.75. The molecule has 3 N–H and O–H groups in total. The van der Waals surface area contributed by atoms with Gasteiger partial charge in [0, 0.05) is 24.6 Å². The summed E-state index contributed by atoms with van der Waals surface area (Å²) in [7, 11) is 1.59. The number of ether oxygens (including phenoxy) is 1. The first-order chi connectivity index (χ1) is 8.04. The minimum Gasteiger partial charge on any atom is -0.481 e. The third-order valence-electron chi connectivity index (χ3n) is 2.47. The van der Waals surface area contributed by atoms with Crippen molar-refractivity contribution in [1.29, 1.82) is 0 Å². The number of carboxylic acids is 1. The van der Waals surface area contributed by atoms with Crippen LogP contribution in [0.15, 0.2) is 18.2 Å². The van der Waals surface area contributed by atoms with Crippen molar-refractivity contribution >= 4 is 17.6 Å². The molecular formula is C12H16ClNO3. The number of methoxy groups -OCH3 is 1. The zero-order valence-corrected chi connectivity index (χ0v) is 10.4. The van der Waals surface area contributed by atoms with E-state index in [0.717, 1.165) is 11.1 Å². The van der Waals surface area contributed by atoms with Gasteiger partial charge in [0.15, 0.2) is 0 Å². The molecule has 1 atom stereocenters. The molecule has 1 unspecified atom stereocenters. The average Bonchev–Trinajstić information content (AvgIpc) is 2.26. The van der Waals surface area contributed by atoms with Crippen LogP contribution >= 0.6 is 11.6 Å². The number of hydrogen-bond acceptors (Lipinski definition) is 3. The molecule has 17 heavy (non-hydrogen) atoms. The summed E-state index contributed by atoms with van der Waals surface area (Å²) in [4.78, 5) is 10.5. The summed E-state index contributed by atoms with van der Waals surface area (Å²) in [5, 5.41) is 9.24. The van der Waals surface area contributed by atoms with Crippen LogP contribution in [-0.4, -0.2) is 18.2 Å². The second-order valence-corrected chi connectivity index (χ2v) is 4.25. The van der Waals surface area contributed by atoms with Crippen LogP contribution in [0.5, 0.6) is 0 Å². The van der Waals surface area contributed by atoms with Crippen LogP contribution in [0.2, 0.25) is 5.02 Å². The molecule has 4 nitrogen and oxygen atoms in total. The molecule has 5 heteroatoms. The van der Waals surface area contributed by atoms with E-state index in [1.54, 1.807) is 19.2 Å². The monoisotopic (exact) mass is 257 g/mol. The first kappa shape index (κ1) is 14.0. The molecule has 0 fully saturated rings. The molecule has 0 heterocycles. The first-order valence-electron chi connectivity index (χ1n) is 5.29. The van der Waals surface area contributed by atoms with E-state index in [9.17, 15) is 4.79 Å². The van der Waals surface area contributed by atoms with Crippen molar-refractivity contribution < 1.29 is 14.6 Å². The Kier molecular flexibility index (Phi) is 5.41. The van der Waals surface area contributed by atoms with Crippen LogP contribution in [-0.2, 0) is 16.1 Å². The largest absolute Gasteiger partial charge is 0.481 e. The van der Waals surface area contributed by atoms with Crippen LogP contribution in [0.3, 0.4) is 0 Å². The lowest BCUT2D eigenvalue weighted by Gasteiger charge is -2.15. The van der Waals surface area contributed by atoms with Crippen molar-refractivity contribution in [1.82, 2.24) is 0 Å². The molecule has 0 saturated carbocycles. The highest BCUT2D eigenvalue weighted by Gasteiger charge is 2.13. The fraction of sp³-hybridized carbons (Fsp3) is 0.417. The molecule has 0 spiro atoms. The van der Waals surface area contributed by atoms with Gasteiger partial charge in [-0.2, -0.15) is 0 Å². The fourth-order valence-corrected chi connectivity index (χ4v) is 1.85. The number of halogens is 1. The van der Waals surface area contributed by atoms with E-state index in [-0.39, 0.29) is 12.5 Å². The van der Waals surface area contributed by atoms with Gasteiger partial charge in [-0.1, -0.05) is 17.7 Å². The average molecular weight is 258 g/mol. The molecule has 0 bridgehead atoms. The number of aliphatic carboxylic acids is 1. The standard InChI is InChI=1S/C12H16ClNO3/c1-17-7-8-6-9(13)2-3-10(8)11(14)4-5-12(15)16/h2-3,6,11H,4-5,7,14H2,1H3,(H,15,16). The quantitative estimate of drug-likeness (QED) is 0.821. The number of rotatable bonds is 6. The molecule has 1 aromatic rings. The molecule has 0 saturated heterocycles. The number of carbonyl (C=O) groups is 1. The Balaban J connectivity index is 2.83. The molecule has 0 amide bonds. The maximum atomic E-state index is 10.5. The Morgan fingerprint density at radius 2 is 2.29 bits per heavy atom. The predicted octanol–water partition coefficient (Wildman–Crippen LogP) is 2.35. The van der Waals surface area contributed by atoms with Crippen molar-refractivity contribution in [3.8, 4) is 0 Å². The lowest BCUT2D eigenvalue weighted by Crippen LogP contribution is -2.14. The van der Waals surface area contributed by atoms with E-state index in [0.29, 0.717) is 18.1 Å². The second-order valence-electron chi connectivity index (χ2n) is 3.82. The number of carboxylic acid groups (broad SMARTS) is 1. The normalized spacial score (nSPS) is 12.4. The zero-order chi connectivity index (χ0) is 12.8.